The number of hydrogen-bond acceptors (Lipinski definition) is 6. The van der Waals surface area contributed by atoms with Crippen LogP contribution < -0.4 is 0 Å². The summed E-state index contributed by atoms with van der Waals surface area (Å²) in [7, 11) is 0. The van der Waals surface area contributed by atoms with Crippen LogP contribution >= 0.6 is 23.4 Å². The summed E-state index contributed by atoms with van der Waals surface area (Å²) in [6.07, 6.45) is 0.683. The van der Waals surface area contributed by atoms with Gasteiger partial charge in [0.2, 0.25) is 11.7 Å². The van der Waals surface area contributed by atoms with Gasteiger partial charge in [0.15, 0.2) is 5.16 Å². The maximum absolute atomic E-state index is 5.98. The van der Waals surface area contributed by atoms with Crippen molar-refractivity contribution >= 4 is 23.4 Å². The lowest BCUT2D eigenvalue weighted by atomic mass is 10.1. The molecule has 0 aliphatic carbocycles. The first-order valence-corrected chi connectivity index (χ1v) is 12.2. The molecule has 5 rings (SSSR count). The molecule has 0 saturated heterocycles. The number of aryl methyl sites for hydroxylation is 2. The second-order valence-electron chi connectivity index (χ2n) is 7.97. The Kier molecular flexibility index (Phi) is 6.47. The van der Waals surface area contributed by atoms with E-state index in [1.165, 1.54) is 28.5 Å². The zero-order valence-corrected chi connectivity index (χ0v) is 20.3. The maximum atomic E-state index is 5.98. The number of nitrogens with zero attached hydrogens (tertiary/aromatic N) is 5. The number of thioether (sulfide) groups is 1. The molecule has 34 heavy (non-hydrogen) atoms. The van der Waals surface area contributed by atoms with E-state index in [1.807, 2.05) is 42.5 Å². The minimum atomic E-state index is 0.481. The molecule has 0 aliphatic rings. The van der Waals surface area contributed by atoms with Gasteiger partial charge >= 0.3 is 0 Å². The molecule has 3 aromatic carbocycles. The van der Waals surface area contributed by atoms with Gasteiger partial charge in [-0.05, 0) is 66.9 Å². The lowest BCUT2D eigenvalue weighted by molar-refractivity contribution is 0.391. The van der Waals surface area contributed by atoms with Crippen LogP contribution in [-0.2, 0) is 12.2 Å². The Morgan fingerprint density at radius 1 is 0.912 bits per heavy atom. The molecule has 5 aromatic rings. The van der Waals surface area contributed by atoms with E-state index in [0.717, 1.165) is 22.2 Å². The first kappa shape index (κ1) is 22.4. The van der Waals surface area contributed by atoms with Crippen LogP contribution in [0.1, 0.15) is 28.4 Å². The fraction of sp³-hybridized carbons (Fsp3) is 0.154. The molecule has 6 nitrogen and oxygen atoms in total. The number of aromatic nitrogens is 5. The van der Waals surface area contributed by atoms with Crippen molar-refractivity contribution in [3.63, 3.8) is 0 Å². The van der Waals surface area contributed by atoms with Crippen molar-refractivity contribution in [3.05, 3.63) is 106 Å². The topological polar surface area (TPSA) is 69.6 Å². The number of benzene rings is 3. The van der Waals surface area contributed by atoms with Gasteiger partial charge in [-0.25, -0.2) is 0 Å². The molecule has 0 bridgehead atoms. The maximum Gasteiger partial charge on any atom is 0.237 e. The normalized spacial score (nSPS) is 11.1. The van der Waals surface area contributed by atoms with Crippen LogP contribution in [0.15, 0.2) is 82.5 Å². The molecular weight excluding hydrogens is 466 g/mol. The predicted octanol–water partition coefficient (Wildman–Crippen LogP) is 6.47. The third kappa shape index (κ3) is 4.90. The Labute approximate surface area is 207 Å². The smallest absolute Gasteiger partial charge is 0.237 e. The van der Waals surface area contributed by atoms with Crippen LogP contribution in [0, 0.1) is 13.8 Å². The van der Waals surface area contributed by atoms with Crippen LogP contribution in [0.3, 0.4) is 0 Å². The Morgan fingerprint density at radius 2 is 1.71 bits per heavy atom. The minimum absolute atomic E-state index is 0.481. The largest absolute Gasteiger partial charge is 0.338 e. The van der Waals surface area contributed by atoms with Crippen molar-refractivity contribution < 1.29 is 4.52 Å². The monoisotopic (exact) mass is 487 g/mol. The lowest BCUT2D eigenvalue weighted by Gasteiger charge is -2.12. The number of halogens is 1. The molecule has 8 heteroatoms. The average Bonchev–Trinajstić information content (AvgIpc) is 3.48. The van der Waals surface area contributed by atoms with E-state index in [0.29, 0.717) is 28.9 Å². The van der Waals surface area contributed by atoms with Gasteiger partial charge in [-0.1, -0.05) is 64.9 Å². The molecule has 0 fully saturated rings. The number of rotatable bonds is 7. The summed E-state index contributed by atoms with van der Waals surface area (Å²) in [6.45, 7) is 4.23. The second kappa shape index (κ2) is 9.83. The van der Waals surface area contributed by atoms with Crippen LogP contribution in [0.4, 0.5) is 0 Å². The van der Waals surface area contributed by atoms with Gasteiger partial charge in [0.25, 0.3) is 0 Å². The highest BCUT2D eigenvalue weighted by molar-refractivity contribution is 7.98. The SMILES string of the molecule is Cc1ccc(-n2c(Cc3ccccc3)nnc2SCc2nc(-c3ccc(Cl)cc3)no2)cc1C. The predicted molar refractivity (Wildman–Crippen MR) is 134 cm³/mol. The Bertz CT molecular complexity index is 1410. The summed E-state index contributed by atoms with van der Waals surface area (Å²) >= 11 is 7.50. The number of hydrogen-bond donors (Lipinski definition) is 0. The summed E-state index contributed by atoms with van der Waals surface area (Å²) < 4.78 is 7.59. The Morgan fingerprint density at radius 3 is 2.47 bits per heavy atom. The Balaban J connectivity index is 1.42. The van der Waals surface area contributed by atoms with Crippen molar-refractivity contribution in [1.29, 1.82) is 0 Å². The molecular formula is C26H22ClN5OS. The quantitative estimate of drug-likeness (QED) is 0.245. The molecule has 170 valence electrons. The van der Waals surface area contributed by atoms with Gasteiger partial charge in [0.05, 0.1) is 5.75 Å². The molecule has 2 aromatic heterocycles. The molecule has 0 atom stereocenters. The molecule has 0 amide bonds. The zero-order valence-electron chi connectivity index (χ0n) is 18.8. The van der Waals surface area contributed by atoms with Crippen LogP contribution in [-0.4, -0.2) is 24.9 Å². The van der Waals surface area contributed by atoms with Gasteiger partial charge in [0, 0.05) is 22.7 Å². The van der Waals surface area contributed by atoms with Crippen molar-refractivity contribution in [1.82, 2.24) is 24.9 Å². The van der Waals surface area contributed by atoms with Gasteiger partial charge in [0.1, 0.15) is 5.82 Å². The molecule has 0 saturated carbocycles. The zero-order chi connectivity index (χ0) is 23.5. The highest BCUT2D eigenvalue weighted by Gasteiger charge is 2.17. The average molecular weight is 488 g/mol. The molecule has 0 radical (unpaired) electrons. The van der Waals surface area contributed by atoms with Crippen LogP contribution in [0.5, 0.6) is 0 Å². The second-order valence-corrected chi connectivity index (χ2v) is 9.35. The van der Waals surface area contributed by atoms with Crippen molar-refractivity contribution in [2.24, 2.45) is 0 Å². The van der Waals surface area contributed by atoms with Gasteiger partial charge in [-0.2, -0.15) is 4.98 Å². The van der Waals surface area contributed by atoms with E-state index >= 15 is 0 Å². The summed E-state index contributed by atoms with van der Waals surface area (Å²) in [5.74, 6) is 2.42. The standard InChI is InChI=1S/C26H22ClN5OS/c1-17-8-13-22(14-18(17)2)32-23(15-19-6-4-3-5-7-19)29-30-26(32)34-16-24-28-25(31-33-24)20-9-11-21(27)12-10-20/h3-14H,15-16H2,1-2H3. The van der Waals surface area contributed by atoms with Crippen molar-refractivity contribution in [2.75, 3.05) is 0 Å². The minimum Gasteiger partial charge on any atom is -0.338 e. The van der Waals surface area contributed by atoms with Crippen LogP contribution in [0.25, 0.3) is 17.1 Å². The lowest BCUT2D eigenvalue weighted by Crippen LogP contribution is -2.04. The molecule has 0 unspecified atom stereocenters. The van der Waals surface area contributed by atoms with E-state index < -0.39 is 0 Å². The van der Waals surface area contributed by atoms with E-state index in [4.69, 9.17) is 16.1 Å². The van der Waals surface area contributed by atoms with E-state index in [1.54, 1.807) is 0 Å². The van der Waals surface area contributed by atoms with E-state index in [9.17, 15) is 0 Å². The third-order valence-corrected chi connectivity index (χ3v) is 6.72. The molecule has 0 aliphatic heterocycles. The van der Waals surface area contributed by atoms with E-state index in [-0.39, 0.29) is 0 Å². The summed E-state index contributed by atoms with van der Waals surface area (Å²) in [6, 6.07) is 24.1. The third-order valence-electron chi connectivity index (χ3n) is 5.55. The molecule has 0 spiro atoms. The summed E-state index contributed by atoms with van der Waals surface area (Å²) in [4.78, 5) is 4.53. The summed E-state index contributed by atoms with van der Waals surface area (Å²) in [5, 5.41) is 14.6. The Hall–Kier alpha value is -3.42. The fourth-order valence-electron chi connectivity index (χ4n) is 3.57. The first-order valence-electron chi connectivity index (χ1n) is 10.8. The van der Waals surface area contributed by atoms with Crippen molar-refractivity contribution in [3.8, 4) is 17.1 Å². The van der Waals surface area contributed by atoms with Gasteiger partial charge < -0.3 is 4.52 Å². The van der Waals surface area contributed by atoms with Gasteiger partial charge in [-0.15, -0.1) is 10.2 Å². The highest BCUT2D eigenvalue weighted by Crippen LogP contribution is 2.28. The summed E-state index contributed by atoms with van der Waals surface area (Å²) in [5.41, 5.74) is 5.54. The fourth-order valence-corrected chi connectivity index (χ4v) is 4.50. The molecule has 2 heterocycles. The van der Waals surface area contributed by atoms with Gasteiger partial charge in [-0.3, -0.25) is 4.57 Å². The van der Waals surface area contributed by atoms with Crippen molar-refractivity contribution in [2.45, 2.75) is 31.2 Å². The first-order chi connectivity index (χ1) is 16.6. The van der Waals surface area contributed by atoms with E-state index in [2.05, 4.69) is 69.1 Å². The van der Waals surface area contributed by atoms with Crippen LogP contribution in [0.2, 0.25) is 5.02 Å². The molecule has 0 N–H and O–H groups in total. The highest BCUT2D eigenvalue weighted by atomic mass is 35.5.